The third kappa shape index (κ3) is 4.88. The number of carbonyl (C=O) groups is 2. The number of rotatable bonds is 3. The molecule has 0 aromatic heterocycles. The molecular weight excluding hydrogens is 356 g/mol. The number of urea groups is 1. The SMILES string of the molecule is CCOC(=O)N1CCC(NC(=O)N2CCN(c3ccc(C)c(C)c3)CC2)CC1. The third-order valence-corrected chi connectivity index (χ3v) is 5.77. The summed E-state index contributed by atoms with van der Waals surface area (Å²) in [5, 5.41) is 3.14. The molecule has 1 aromatic rings. The van der Waals surface area contributed by atoms with Crippen LogP contribution in [0.3, 0.4) is 0 Å². The first kappa shape index (κ1) is 20.3. The molecule has 7 nitrogen and oxygen atoms in total. The number of benzene rings is 1. The van der Waals surface area contributed by atoms with Crippen LogP contribution in [0.2, 0.25) is 0 Å². The van der Waals surface area contributed by atoms with Crippen molar-refractivity contribution >= 4 is 17.8 Å². The number of ether oxygens (including phenoxy) is 1. The average molecular weight is 389 g/mol. The van der Waals surface area contributed by atoms with E-state index in [2.05, 4.69) is 42.3 Å². The van der Waals surface area contributed by atoms with Gasteiger partial charge in [-0.25, -0.2) is 9.59 Å². The Bertz CT molecular complexity index is 693. The zero-order valence-corrected chi connectivity index (χ0v) is 17.2. The molecule has 2 fully saturated rings. The van der Waals surface area contributed by atoms with Gasteiger partial charge in [-0.2, -0.15) is 0 Å². The second kappa shape index (κ2) is 9.17. The van der Waals surface area contributed by atoms with Crippen LogP contribution in [0, 0.1) is 13.8 Å². The fourth-order valence-electron chi connectivity index (χ4n) is 3.78. The van der Waals surface area contributed by atoms with Gasteiger partial charge in [0.25, 0.3) is 0 Å². The van der Waals surface area contributed by atoms with Crippen LogP contribution in [-0.2, 0) is 4.74 Å². The summed E-state index contributed by atoms with van der Waals surface area (Å²) >= 11 is 0. The Morgan fingerprint density at radius 3 is 2.29 bits per heavy atom. The van der Waals surface area contributed by atoms with Crippen molar-refractivity contribution in [1.29, 1.82) is 0 Å². The highest BCUT2D eigenvalue weighted by molar-refractivity contribution is 5.75. The summed E-state index contributed by atoms with van der Waals surface area (Å²) in [7, 11) is 0. The van der Waals surface area contributed by atoms with Gasteiger partial charge in [0.2, 0.25) is 0 Å². The smallest absolute Gasteiger partial charge is 0.409 e. The number of amides is 3. The Kier molecular flexibility index (Phi) is 6.65. The van der Waals surface area contributed by atoms with Gasteiger partial charge in [0.05, 0.1) is 6.61 Å². The molecule has 0 saturated carbocycles. The molecule has 2 saturated heterocycles. The Morgan fingerprint density at radius 1 is 1.00 bits per heavy atom. The van der Waals surface area contributed by atoms with Gasteiger partial charge in [-0.15, -0.1) is 0 Å². The fourth-order valence-corrected chi connectivity index (χ4v) is 3.78. The minimum absolute atomic E-state index is 0.00863. The summed E-state index contributed by atoms with van der Waals surface area (Å²) in [6.45, 7) is 10.9. The molecule has 3 amide bonds. The number of nitrogens with one attached hydrogen (secondary N) is 1. The predicted molar refractivity (Wildman–Crippen MR) is 110 cm³/mol. The largest absolute Gasteiger partial charge is 0.450 e. The van der Waals surface area contributed by atoms with Gasteiger partial charge in [-0.1, -0.05) is 6.07 Å². The van der Waals surface area contributed by atoms with E-state index >= 15 is 0 Å². The van der Waals surface area contributed by atoms with Crippen molar-refractivity contribution in [3.8, 4) is 0 Å². The van der Waals surface area contributed by atoms with Crippen molar-refractivity contribution in [2.24, 2.45) is 0 Å². The van der Waals surface area contributed by atoms with E-state index in [4.69, 9.17) is 4.74 Å². The van der Waals surface area contributed by atoms with Gasteiger partial charge in [-0.05, 0) is 56.9 Å². The van der Waals surface area contributed by atoms with E-state index in [9.17, 15) is 9.59 Å². The van der Waals surface area contributed by atoms with E-state index in [0.717, 1.165) is 39.0 Å². The second-order valence-corrected chi connectivity index (χ2v) is 7.65. The van der Waals surface area contributed by atoms with E-state index in [0.29, 0.717) is 19.7 Å². The normalized spacial score (nSPS) is 18.2. The van der Waals surface area contributed by atoms with E-state index < -0.39 is 0 Å². The average Bonchev–Trinajstić information content (AvgIpc) is 2.71. The van der Waals surface area contributed by atoms with Crippen molar-refractivity contribution in [3.05, 3.63) is 29.3 Å². The zero-order chi connectivity index (χ0) is 20.1. The van der Waals surface area contributed by atoms with E-state index in [1.807, 2.05) is 11.8 Å². The zero-order valence-electron chi connectivity index (χ0n) is 17.2. The fraction of sp³-hybridized carbons (Fsp3) is 0.619. The molecule has 0 spiro atoms. The topological polar surface area (TPSA) is 65.1 Å². The van der Waals surface area contributed by atoms with Gasteiger partial charge in [0.15, 0.2) is 0 Å². The van der Waals surface area contributed by atoms with Gasteiger partial charge in [0, 0.05) is 51.0 Å². The number of anilines is 1. The summed E-state index contributed by atoms with van der Waals surface area (Å²) < 4.78 is 5.04. The molecular formula is C21H32N4O3. The van der Waals surface area contributed by atoms with Crippen molar-refractivity contribution in [2.75, 3.05) is 50.8 Å². The summed E-state index contributed by atoms with van der Waals surface area (Å²) in [5.74, 6) is 0. The molecule has 1 aromatic carbocycles. The molecule has 28 heavy (non-hydrogen) atoms. The predicted octanol–water partition coefficient (Wildman–Crippen LogP) is 2.76. The van der Waals surface area contributed by atoms with Crippen molar-refractivity contribution in [1.82, 2.24) is 15.1 Å². The standard InChI is InChI=1S/C21H32N4O3/c1-4-28-21(27)25-9-7-18(8-10-25)22-20(26)24-13-11-23(12-14-24)19-6-5-16(2)17(3)15-19/h5-6,15,18H,4,7-14H2,1-3H3,(H,22,26). The van der Waals surface area contributed by atoms with Crippen molar-refractivity contribution < 1.29 is 14.3 Å². The highest BCUT2D eigenvalue weighted by Crippen LogP contribution is 2.20. The quantitative estimate of drug-likeness (QED) is 0.865. The Balaban J connectivity index is 1.43. The van der Waals surface area contributed by atoms with Crippen LogP contribution < -0.4 is 10.2 Å². The van der Waals surface area contributed by atoms with Gasteiger partial charge in [-0.3, -0.25) is 0 Å². The first-order chi connectivity index (χ1) is 13.5. The molecule has 2 aliphatic rings. The van der Waals surface area contributed by atoms with Crippen LogP contribution in [0.25, 0.3) is 0 Å². The number of piperidine rings is 1. The van der Waals surface area contributed by atoms with Crippen molar-refractivity contribution in [2.45, 2.75) is 39.7 Å². The van der Waals surface area contributed by atoms with Gasteiger partial charge in [0.1, 0.15) is 0 Å². The number of carbonyl (C=O) groups excluding carboxylic acids is 2. The maximum Gasteiger partial charge on any atom is 0.409 e. The Hall–Kier alpha value is -2.44. The lowest BCUT2D eigenvalue weighted by atomic mass is 10.1. The Labute approximate surface area is 167 Å². The number of hydrogen-bond donors (Lipinski definition) is 1. The summed E-state index contributed by atoms with van der Waals surface area (Å²) in [5.41, 5.74) is 3.83. The van der Waals surface area contributed by atoms with Gasteiger partial charge < -0.3 is 24.8 Å². The maximum absolute atomic E-state index is 12.6. The lowest BCUT2D eigenvalue weighted by molar-refractivity contribution is 0.0950. The van der Waals surface area contributed by atoms with Crippen LogP contribution in [0.15, 0.2) is 18.2 Å². The minimum atomic E-state index is -0.255. The summed E-state index contributed by atoms with van der Waals surface area (Å²) in [6, 6.07) is 6.68. The first-order valence-electron chi connectivity index (χ1n) is 10.3. The minimum Gasteiger partial charge on any atom is -0.450 e. The number of piperazine rings is 1. The van der Waals surface area contributed by atoms with E-state index in [-0.39, 0.29) is 18.2 Å². The molecule has 2 aliphatic heterocycles. The molecule has 0 unspecified atom stereocenters. The number of nitrogens with zero attached hydrogens (tertiary/aromatic N) is 3. The van der Waals surface area contributed by atoms with E-state index in [1.165, 1.54) is 16.8 Å². The molecule has 7 heteroatoms. The van der Waals surface area contributed by atoms with Crippen LogP contribution in [-0.4, -0.2) is 73.8 Å². The number of likely N-dealkylation sites (tertiary alicyclic amines) is 1. The Morgan fingerprint density at radius 2 is 1.68 bits per heavy atom. The monoisotopic (exact) mass is 388 g/mol. The molecule has 0 radical (unpaired) electrons. The first-order valence-corrected chi connectivity index (χ1v) is 10.3. The van der Waals surface area contributed by atoms with Crippen LogP contribution in [0.1, 0.15) is 30.9 Å². The van der Waals surface area contributed by atoms with E-state index in [1.54, 1.807) is 4.90 Å². The maximum atomic E-state index is 12.6. The molecule has 0 atom stereocenters. The molecule has 3 rings (SSSR count). The van der Waals surface area contributed by atoms with Crippen LogP contribution in [0.4, 0.5) is 15.3 Å². The second-order valence-electron chi connectivity index (χ2n) is 7.65. The summed E-state index contributed by atoms with van der Waals surface area (Å²) in [6.07, 6.45) is 1.29. The number of aryl methyl sites for hydroxylation is 2. The molecule has 1 N–H and O–H groups in total. The third-order valence-electron chi connectivity index (χ3n) is 5.77. The molecule has 0 bridgehead atoms. The highest BCUT2D eigenvalue weighted by atomic mass is 16.6. The molecule has 2 heterocycles. The molecule has 0 aliphatic carbocycles. The lowest BCUT2D eigenvalue weighted by Crippen LogP contribution is -2.55. The van der Waals surface area contributed by atoms with Crippen LogP contribution in [0.5, 0.6) is 0 Å². The van der Waals surface area contributed by atoms with Gasteiger partial charge >= 0.3 is 12.1 Å². The van der Waals surface area contributed by atoms with Crippen molar-refractivity contribution in [3.63, 3.8) is 0 Å². The summed E-state index contributed by atoms with van der Waals surface area (Å²) in [4.78, 5) is 30.3. The molecule has 154 valence electrons. The van der Waals surface area contributed by atoms with Crippen LogP contribution >= 0.6 is 0 Å². The lowest BCUT2D eigenvalue weighted by Gasteiger charge is -2.38. The highest BCUT2D eigenvalue weighted by Gasteiger charge is 2.27. The number of hydrogen-bond acceptors (Lipinski definition) is 4.